The maximum atomic E-state index is 13.4. The number of carboxylic acid groups (broad SMARTS) is 1. The molecule has 0 bridgehead atoms. The Morgan fingerprint density at radius 2 is 1.91 bits per heavy atom. The number of carboxylic acids is 1. The van der Waals surface area contributed by atoms with Crippen molar-refractivity contribution < 1.29 is 27.9 Å². The maximum Gasteiger partial charge on any atom is 0.410 e. The first-order valence-corrected chi connectivity index (χ1v) is 12.2. The van der Waals surface area contributed by atoms with E-state index >= 15 is 0 Å². The Bertz CT molecular complexity index is 1150. The second-order valence-corrected chi connectivity index (χ2v) is 11.5. The molecule has 0 fully saturated rings. The van der Waals surface area contributed by atoms with E-state index < -0.39 is 39.2 Å². The van der Waals surface area contributed by atoms with Crippen molar-refractivity contribution in [2.75, 3.05) is 18.8 Å². The van der Waals surface area contributed by atoms with Crippen molar-refractivity contribution in [2.24, 2.45) is 0 Å². The molecule has 2 N–H and O–H groups in total. The van der Waals surface area contributed by atoms with Crippen LogP contribution in [0.5, 0.6) is 0 Å². The zero-order chi connectivity index (χ0) is 24.0. The van der Waals surface area contributed by atoms with E-state index in [9.17, 15) is 23.1 Å². The number of aliphatic carboxylic acids is 1. The summed E-state index contributed by atoms with van der Waals surface area (Å²) in [5.74, 6) is -2.86. The van der Waals surface area contributed by atoms with Gasteiger partial charge in [-0.25, -0.2) is 18.0 Å². The third kappa shape index (κ3) is 4.74. The summed E-state index contributed by atoms with van der Waals surface area (Å²) < 4.78 is 32.2. The van der Waals surface area contributed by atoms with Gasteiger partial charge in [-0.15, -0.1) is 0 Å². The number of allylic oxidation sites excluding steroid dienone is 2. The molecular weight excluding hydrogens is 479 g/mol. The Kier molecular flexibility index (Phi) is 6.57. The van der Waals surface area contributed by atoms with E-state index in [4.69, 9.17) is 27.9 Å². The van der Waals surface area contributed by atoms with E-state index in [0.29, 0.717) is 0 Å². The lowest BCUT2D eigenvalue weighted by atomic mass is 9.86. The molecule has 1 amide bonds. The number of sulfone groups is 1. The predicted octanol–water partition coefficient (Wildman–Crippen LogP) is 3.92. The number of rotatable bonds is 2. The lowest BCUT2D eigenvalue weighted by Crippen LogP contribution is -2.41. The number of carbonyl (C=O) groups excluding carboxylic acids is 1. The maximum absolute atomic E-state index is 13.4. The van der Waals surface area contributed by atoms with Crippen LogP contribution in [0.15, 0.2) is 40.1 Å². The lowest BCUT2D eigenvalue weighted by molar-refractivity contribution is -0.133. The molecule has 3 rings (SSSR count). The first kappa shape index (κ1) is 24.4. The van der Waals surface area contributed by atoms with Crippen LogP contribution in [0.25, 0.3) is 0 Å². The van der Waals surface area contributed by atoms with Crippen molar-refractivity contribution >= 4 is 45.1 Å². The Morgan fingerprint density at radius 1 is 1.25 bits per heavy atom. The highest BCUT2D eigenvalue weighted by atomic mass is 35.5. The van der Waals surface area contributed by atoms with Crippen molar-refractivity contribution in [3.05, 3.63) is 55.7 Å². The molecule has 1 atom stereocenters. The largest absolute Gasteiger partial charge is 0.478 e. The van der Waals surface area contributed by atoms with Gasteiger partial charge in [0.25, 0.3) is 0 Å². The van der Waals surface area contributed by atoms with Crippen molar-refractivity contribution in [2.45, 2.75) is 39.2 Å². The number of benzene rings is 1. The van der Waals surface area contributed by atoms with Crippen molar-refractivity contribution in [3.8, 4) is 0 Å². The Morgan fingerprint density at radius 3 is 2.50 bits per heavy atom. The van der Waals surface area contributed by atoms with Crippen molar-refractivity contribution in [3.63, 3.8) is 0 Å². The number of amides is 1. The topological polar surface area (TPSA) is 113 Å². The highest BCUT2D eigenvalue weighted by molar-refractivity contribution is 7.95. The Hall–Kier alpha value is -2.23. The number of halogens is 2. The highest BCUT2D eigenvalue weighted by Gasteiger charge is 2.43. The van der Waals surface area contributed by atoms with Crippen molar-refractivity contribution in [1.29, 1.82) is 0 Å². The molecule has 2 aliphatic rings. The van der Waals surface area contributed by atoms with Crippen LogP contribution in [0, 0.1) is 0 Å². The molecule has 0 spiro atoms. The lowest BCUT2D eigenvalue weighted by Gasteiger charge is -2.32. The summed E-state index contributed by atoms with van der Waals surface area (Å²) in [4.78, 5) is 26.0. The summed E-state index contributed by atoms with van der Waals surface area (Å²) in [6.07, 6.45) is -0.661. The molecule has 0 aromatic heterocycles. The number of carbonyl (C=O) groups is 2. The third-order valence-electron chi connectivity index (χ3n) is 5.08. The van der Waals surface area contributed by atoms with Gasteiger partial charge >= 0.3 is 12.1 Å². The second kappa shape index (κ2) is 8.61. The van der Waals surface area contributed by atoms with Gasteiger partial charge in [0.05, 0.1) is 44.4 Å². The molecular formula is C21H24Cl2N2O6S. The van der Waals surface area contributed by atoms with Gasteiger partial charge < -0.3 is 20.1 Å². The second-order valence-electron chi connectivity index (χ2n) is 8.61. The van der Waals surface area contributed by atoms with Gasteiger partial charge in [0.2, 0.25) is 0 Å². The first-order chi connectivity index (χ1) is 14.7. The molecule has 8 nitrogen and oxygen atoms in total. The summed E-state index contributed by atoms with van der Waals surface area (Å²) in [6.45, 7) is 6.48. The molecule has 1 unspecified atom stereocenters. The van der Waals surface area contributed by atoms with E-state index in [1.807, 2.05) is 0 Å². The minimum atomic E-state index is -3.98. The zero-order valence-corrected chi connectivity index (χ0v) is 20.4. The number of hydrogen-bond acceptors (Lipinski definition) is 6. The third-order valence-corrected chi connectivity index (χ3v) is 7.79. The van der Waals surface area contributed by atoms with Crippen LogP contribution in [0.3, 0.4) is 0 Å². The molecule has 0 saturated heterocycles. The number of dihydropyridines is 1. The SMILES string of the molecule is CC1=C(C(=O)O)C(c2cccc(Cl)c2Cl)C2=C(CN(C(=O)OC(C)(C)C)CCS2(=O)=O)N1. The number of hydrogen-bond donors (Lipinski definition) is 2. The molecule has 2 aliphatic heterocycles. The molecule has 0 radical (unpaired) electrons. The van der Waals surface area contributed by atoms with Crippen LogP contribution in [-0.2, 0) is 19.4 Å². The minimum absolute atomic E-state index is 0.0721. The van der Waals surface area contributed by atoms with Crippen LogP contribution < -0.4 is 5.32 Å². The summed E-state index contributed by atoms with van der Waals surface area (Å²) in [5, 5.41) is 13.1. The summed E-state index contributed by atoms with van der Waals surface area (Å²) in [7, 11) is -3.98. The van der Waals surface area contributed by atoms with Gasteiger partial charge in [-0.3, -0.25) is 0 Å². The molecule has 0 aliphatic carbocycles. The minimum Gasteiger partial charge on any atom is -0.478 e. The monoisotopic (exact) mass is 502 g/mol. The molecule has 174 valence electrons. The predicted molar refractivity (Wildman–Crippen MR) is 121 cm³/mol. The smallest absolute Gasteiger partial charge is 0.410 e. The van der Waals surface area contributed by atoms with Gasteiger partial charge in [-0.1, -0.05) is 35.3 Å². The van der Waals surface area contributed by atoms with Crippen molar-refractivity contribution in [1.82, 2.24) is 10.2 Å². The Balaban J connectivity index is 2.20. The van der Waals surface area contributed by atoms with Gasteiger partial charge in [0.15, 0.2) is 9.84 Å². The number of nitrogens with one attached hydrogen (secondary N) is 1. The molecule has 1 aromatic carbocycles. The highest BCUT2D eigenvalue weighted by Crippen LogP contribution is 2.45. The number of nitrogens with zero attached hydrogens (tertiary/aromatic N) is 1. The van der Waals surface area contributed by atoms with Crippen LogP contribution in [0.1, 0.15) is 39.2 Å². The van der Waals surface area contributed by atoms with Gasteiger partial charge in [-0.2, -0.15) is 0 Å². The standard InChI is InChI=1S/C21H24Cl2N2O6S/c1-11-15(19(26)27)16(12-6-5-7-13(22)17(12)23)18-14(24-11)10-25(8-9-32(18,29)30)20(28)31-21(2,3)4/h5-7,16,24H,8-10H2,1-4H3,(H,26,27). The molecule has 11 heteroatoms. The van der Waals surface area contributed by atoms with E-state index in [-0.39, 0.29) is 50.6 Å². The fraction of sp³-hybridized carbons (Fsp3) is 0.429. The summed E-state index contributed by atoms with van der Waals surface area (Å²) >= 11 is 12.5. The van der Waals surface area contributed by atoms with Gasteiger partial charge in [0.1, 0.15) is 5.60 Å². The van der Waals surface area contributed by atoms with E-state index in [1.54, 1.807) is 32.9 Å². The van der Waals surface area contributed by atoms with Crippen LogP contribution >= 0.6 is 23.2 Å². The molecule has 2 heterocycles. The van der Waals surface area contributed by atoms with E-state index in [0.717, 1.165) is 0 Å². The average molecular weight is 503 g/mol. The summed E-state index contributed by atoms with van der Waals surface area (Å²) in [6, 6.07) is 4.67. The number of ether oxygens (including phenoxy) is 1. The normalized spacial score (nSPS) is 20.9. The fourth-order valence-electron chi connectivity index (χ4n) is 3.78. The zero-order valence-electron chi connectivity index (χ0n) is 18.0. The van der Waals surface area contributed by atoms with Gasteiger partial charge in [-0.05, 0) is 39.3 Å². The first-order valence-electron chi connectivity index (χ1n) is 9.81. The van der Waals surface area contributed by atoms with Crippen LogP contribution in [0.2, 0.25) is 10.0 Å². The molecule has 1 aromatic rings. The van der Waals surface area contributed by atoms with E-state index in [2.05, 4.69) is 5.32 Å². The fourth-order valence-corrected chi connectivity index (χ4v) is 5.97. The van der Waals surface area contributed by atoms with E-state index in [1.165, 1.54) is 17.9 Å². The van der Waals surface area contributed by atoms with Crippen LogP contribution in [-0.4, -0.2) is 54.9 Å². The van der Waals surface area contributed by atoms with Crippen LogP contribution in [0.4, 0.5) is 4.79 Å². The average Bonchev–Trinajstić information content (AvgIpc) is 2.77. The molecule has 32 heavy (non-hydrogen) atoms. The molecule has 0 saturated carbocycles. The summed E-state index contributed by atoms with van der Waals surface area (Å²) in [5.41, 5.74) is -0.195. The Labute approximate surface area is 196 Å². The van der Waals surface area contributed by atoms with Gasteiger partial charge in [0, 0.05) is 12.2 Å². The quantitative estimate of drug-likeness (QED) is 0.629.